The first-order chi connectivity index (χ1) is 9.72. The molecule has 0 atom stereocenters. The highest BCUT2D eigenvalue weighted by atomic mass is 32.1. The van der Waals surface area contributed by atoms with E-state index in [9.17, 15) is 9.90 Å². The molecule has 3 rings (SSSR count). The van der Waals surface area contributed by atoms with E-state index in [4.69, 9.17) is 4.74 Å². The Balaban J connectivity index is 1.51. The summed E-state index contributed by atoms with van der Waals surface area (Å²) in [6, 6.07) is 3.79. The minimum atomic E-state index is -0.0695. The van der Waals surface area contributed by atoms with Crippen LogP contribution < -0.4 is 0 Å². The molecular formula is C14H20N2O3S. The van der Waals surface area contributed by atoms with Crippen LogP contribution in [0, 0.1) is 5.41 Å². The van der Waals surface area contributed by atoms with Gasteiger partial charge in [-0.05, 0) is 11.4 Å². The van der Waals surface area contributed by atoms with Gasteiger partial charge in [0.2, 0.25) is 0 Å². The maximum absolute atomic E-state index is 12.2. The second kappa shape index (κ2) is 5.81. The number of piperazine rings is 1. The van der Waals surface area contributed by atoms with Gasteiger partial charge in [-0.25, -0.2) is 0 Å². The van der Waals surface area contributed by atoms with Crippen LogP contribution in [0.3, 0.4) is 0 Å². The van der Waals surface area contributed by atoms with Gasteiger partial charge in [0.25, 0.3) is 5.91 Å². The van der Waals surface area contributed by atoms with E-state index in [2.05, 4.69) is 4.90 Å². The third-order valence-electron chi connectivity index (χ3n) is 4.10. The van der Waals surface area contributed by atoms with Crippen LogP contribution in [0.5, 0.6) is 0 Å². The molecule has 2 saturated heterocycles. The Kier molecular flexibility index (Phi) is 4.07. The molecule has 1 aromatic rings. The van der Waals surface area contributed by atoms with Gasteiger partial charge in [-0.3, -0.25) is 9.69 Å². The number of carbonyl (C=O) groups is 1. The normalized spacial score (nSPS) is 22.6. The topological polar surface area (TPSA) is 53.0 Å². The first kappa shape index (κ1) is 14.0. The summed E-state index contributed by atoms with van der Waals surface area (Å²) in [5, 5.41) is 11.4. The van der Waals surface area contributed by atoms with Crippen LogP contribution in [0.2, 0.25) is 0 Å². The minimum absolute atomic E-state index is 0.0695. The average molecular weight is 296 g/mol. The highest BCUT2D eigenvalue weighted by Gasteiger charge is 2.40. The lowest BCUT2D eigenvalue weighted by Gasteiger charge is -2.45. The van der Waals surface area contributed by atoms with Crippen LogP contribution in [0.4, 0.5) is 0 Å². The average Bonchev–Trinajstić information content (AvgIpc) is 2.97. The van der Waals surface area contributed by atoms with Crippen LogP contribution in [-0.2, 0) is 4.74 Å². The van der Waals surface area contributed by atoms with Crippen LogP contribution in [0.25, 0.3) is 0 Å². The molecule has 0 spiro atoms. The minimum Gasteiger partial charge on any atom is -0.396 e. The monoisotopic (exact) mass is 296 g/mol. The molecule has 1 N–H and O–H groups in total. The highest BCUT2D eigenvalue weighted by molar-refractivity contribution is 7.12. The van der Waals surface area contributed by atoms with Gasteiger partial charge in [0.05, 0.1) is 30.1 Å². The fraction of sp³-hybridized carbons (Fsp3) is 0.643. The third kappa shape index (κ3) is 2.74. The summed E-state index contributed by atoms with van der Waals surface area (Å²) in [5.74, 6) is 0.142. The second-order valence-electron chi connectivity index (χ2n) is 5.70. The lowest BCUT2D eigenvalue weighted by Crippen LogP contribution is -2.57. The van der Waals surface area contributed by atoms with Crippen molar-refractivity contribution in [3.05, 3.63) is 22.4 Å². The molecule has 0 bridgehead atoms. The maximum atomic E-state index is 12.2. The lowest BCUT2D eigenvalue weighted by atomic mass is 9.86. The van der Waals surface area contributed by atoms with Crippen LogP contribution in [-0.4, -0.2) is 73.4 Å². The first-order valence-electron chi connectivity index (χ1n) is 6.96. The number of nitrogens with zero attached hydrogens (tertiary/aromatic N) is 2. The van der Waals surface area contributed by atoms with Crippen molar-refractivity contribution in [3.8, 4) is 0 Å². The summed E-state index contributed by atoms with van der Waals surface area (Å²) in [5.41, 5.74) is -0.0695. The molecule has 2 aliphatic rings. The zero-order valence-electron chi connectivity index (χ0n) is 11.5. The SMILES string of the molecule is O=C(c1cccs1)N1CCN(CC2(CO)COC2)CC1. The Bertz CT molecular complexity index is 445. The van der Waals surface area contributed by atoms with Crippen molar-refractivity contribution in [1.29, 1.82) is 0 Å². The van der Waals surface area contributed by atoms with E-state index in [1.807, 2.05) is 22.4 Å². The first-order valence-corrected chi connectivity index (χ1v) is 7.84. The maximum Gasteiger partial charge on any atom is 0.264 e. The molecule has 0 aliphatic carbocycles. The quantitative estimate of drug-likeness (QED) is 0.880. The Morgan fingerprint density at radius 1 is 1.35 bits per heavy atom. The number of hydrogen-bond donors (Lipinski definition) is 1. The molecule has 1 amide bonds. The number of thiophene rings is 1. The predicted molar refractivity (Wildman–Crippen MR) is 77.0 cm³/mol. The van der Waals surface area contributed by atoms with E-state index in [1.165, 1.54) is 11.3 Å². The number of hydrogen-bond acceptors (Lipinski definition) is 5. The molecule has 6 heteroatoms. The van der Waals surface area contributed by atoms with Gasteiger partial charge in [-0.15, -0.1) is 11.3 Å². The number of carbonyl (C=O) groups excluding carboxylic acids is 1. The van der Waals surface area contributed by atoms with E-state index in [-0.39, 0.29) is 17.9 Å². The van der Waals surface area contributed by atoms with Crippen molar-refractivity contribution in [3.63, 3.8) is 0 Å². The highest BCUT2D eigenvalue weighted by Crippen LogP contribution is 2.28. The van der Waals surface area contributed by atoms with Gasteiger partial charge in [-0.1, -0.05) is 6.07 Å². The number of aliphatic hydroxyl groups is 1. The van der Waals surface area contributed by atoms with Crippen molar-refractivity contribution in [1.82, 2.24) is 9.80 Å². The Labute approximate surface area is 122 Å². The molecule has 2 fully saturated rings. The molecule has 3 heterocycles. The van der Waals surface area contributed by atoms with E-state index in [0.717, 1.165) is 37.6 Å². The fourth-order valence-electron chi connectivity index (χ4n) is 2.76. The molecule has 0 saturated carbocycles. The van der Waals surface area contributed by atoms with Crippen molar-refractivity contribution in [2.75, 3.05) is 52.5 Å². The van der Waals surface area contributed by atoms with E-state index in [1.54, 1.807) is 0 Å². The van der Waals surface area contributed by atoms with E-state index in [0.29, 0.717) is 13.2 Å². The molecule has 110 valence electrons. The Hall–Kier alpha value is -0.950. The summed E-state index contributed by atoms with van der Waals surface area (Å²) in [4.78, 5) is 17.3. The summed E-state index contributed by atoms with van der Waals surface area (Å²) in [7, 11) is 0. The predicted octanol–water partition coefficient (Wildman–Crippen LogP) is 0.515. The molecule has 0 aromatic carbocycles. The van der Waals surface area contributed by atoms with Gasteiger partial charge >= 0.3 is 0 Å². The van der Waals surface area contributed by atoms with E-state index < -0.39 is 0 Å². The van der Waals surface area contributed by atoms with Crippen molar-refractivity contribution in [2.24, 2.45) is 5.41 Å². The number of ether oxygens (including phenoxy) is 1. The van der Waals surface area contributed by atoms with Gasteiger partial charge in [0.15, 0.2) is 0 Å². The zero-order chi connectivity index (χ0) is 14.0. The van der Waals surface area contributed by atoms with E-state index >= 15 is 0 Å². The second-order valence-corrected chi connectivity index (χ2v) is 6.64. The molecule has 20 heavy (non-hydrogen) atoms. The van der Waals surface area contributed by atoms with Gasteiger partial charge in [0.1, 0.15) is 0 Å². The summed E-state index contributed by atoms with van der Waals surface area (Å²) in [6.07, 6.45) is 0. The van der Waals surface area contributed by atoms with Crippen molar-refractivity contribution >= 4 is 17.2 Å². The molecule has 2 aliphatic heterocycles. The lowest BCUT2D eigenvalue weighted by molar-refractivity contribution is -0.150. The number of amides is 1. The molecule has 0 radical (unpaired) electrons. The van der Waals surface area contributed by atoms with Crippen LogP contribution >= 0.6 is 11.3 Å². The standard InChI is InChI=1S/C14H20N2O3S/c17-9-14(10-19-11-14)8-15-3-5-16(6-4-15)13(18)12-2-1-7-20-12/h1-2,7,17H,3-6,8-11H2. The van der Waals surface area contributed by atoms with Gasteiger partial charge in [-0.2, -0.15) is 0 Å². The largest absolute Gasteiger partial charge is 0.396 e. The number of rotatable bonds is 4. The number of aliphatic hydroxyl groups excluding tert-OH is 1. The van der Waals surface area contributed by atoms with Gasteiger partial charge < -0.3 is 14.7 Å². The molecule has 0 unspecified atom stereocenters. The molecule has 1 aromatic heterocycles. The smallest absolute Gasteiger partial charge is 0.264 e. The Morgan fingerprint density at radius 3 is 2.60 bits per heavy atom. The summed E-state index contributed by atoms with van der Waals surface area (Å²) < 4.78 is 5.23. The van der Waals surface area contributed by atoms with Crippen molar-refractivity contribution in [2.45, 2.75) is 0 Å². The fourth-order valence-corrected chi connectivity index (χ4v) is 3.45. The molecule has 5 nitrogen and oxygen atoms in total. The Morgan fingerprint density at radius 2 is 2.10 bits per heavy atom. The summed E-state index contributed by atoms with van der Waals surface area (Å²) >= 11 is 1.50. The third-order valence-corrected chi connectivity index (χ3v) is 4.96. The summed E-state index contributed by atoms with van der Waals surface area (Å²) in [6.45, 7) is 5.62. The van der Waals surface area contributed by atoms with Crippen LogP contribution in [0.15, 0.2) is 17.5 Å². The molecular weight excluding hydrogens is 276 g/mol. The van der Waals surface area contributed by atoms with Crippen LogP contribution in [0.1, 0.15) is 9.67 Å². The zero-order valence-corrected chi connectivity index (χ0v) is 12.3. The van der Waals surface area contributed by atoms with Gasteiger partial charge in [0, 0.05) is 32.7 Å². The van der Waals surface area contributed by atoms with Crippen molar-refractivity contribution < 1.29 is 14.6 Å².